The fourth-order valence-electron chi connectivity index (χ4n) is 1.37. The van der Waals surface area contributed by atoms with Crippen LogP contribution in [0.3, 0.4) is 0 Å². The van der Waals surface area contributed by atoms with E-state index in [-0.39, 0.29) is 5.78 Å². The van der Waals surface area contributed by atoms with Crippen molar-refractivity contribution in [1.82, 2.24) is 9.78 Å². The van der Waals surface area contributed by atoms with Gasteiger partial charge in [-0.15, -0.1) is 0 Å². The van der Waals surface area contributed by atoms with Crippen LogP contribution >= 0.6 is 27.5 Å². The van der Waals surface area contributed by atoms with Crippen LogP contribution in [-0.2, 0) is 7.05 Å². The average Bonchev–Trinajstić information content (AvgIpc) is 2.64. The van der Waals surface area contributed by atoms with Gasteiger partial charge in [-0.25, -0.2) is 0 Å². The first-order valence-corrected chi connectivity index (χ1v) is 5.73. The molecule has 0 atom stereocenters. The van der Waals surface area contributed by atoms with Crippen LogP contribution in [-0.4, -0.2) is 15.6 Å². The van der Waals surface area contributed by atoms with Crippen molar-refractivity contribution in [2.75, 3.05) is 0 Å². The van der Waals surface area contributed by atoms with Gasteiger partial charge in [-0.3, -0.25) is 9.48 Å². The minimum absolute atomic E-state index is 0.0726. The lowest BCUT2D eigenvalue weighted by molar-refractivity contribution is 0.103. The van der Waals surface area contributed by atoms with Crippen LogP contribution in [0.2, 0.25) is 5.02 Å². The van der Waals surface area contributed by atoms with Gasteiger partial charge in [0.15, 0.2) is 5.78 Å². The summed E-state index contributed by atoms with van der Waals surface area (Å²) in [6, 6.07) is 5.09. The van der Waals surface area contributed by atoms with Crippen LogP contribution in [0.15, 0.2) is 35.1 Å². The quantitative estimate of drug-likeness (QED) is 0.799. The molecule has 5 heteroatoms. The fourth-order valence-corrected chi connectivity index (χ4v) is 2.23. The molecule has 2 aromatic rings. The minimum atomic E-state index is -0.0726. The number of ketones is 1. The predicted octanol–water partition coefficient (Wildman–Crippen LogP) is 3.07. The lowest BCUT2D eigenvalue weighted by Crippen LogP contribution is -2.01. The standard InChI is InChI=1S/C11H8BrClN2O/c1-15-6-7(5-14-15)11(16)9-3-2-8(13)4-10(9)12/h2-6H,1H3. The molecule has 0 saturated heterocycles. The van der Waals surface area contributed by atoms with Crippen LogP contribution in [0.1, 0.15) is 15.9 Å². The van der Waals surface area contributed by atoms with Crippen molar-refractivity contribution in [2.45, 2.75) is 0 Å². The van der Waals surface area contributed by atoms with E-state index in [1.165, 1.54) is 0 Å². The van der Waals surface area contributed by atoms with Crippen LogP contribution in [0, 0.1) is 0 Å². The molecule has 0 N–H and O–H groups in total. The second-order valence-electron chi connectivity index (χ2n) is 3.36. The second-order valence-corrected chi connectivity index (χ2v) is 4.65. The normalized spacial score (nSPS) is 10.4. The van der Waals surface area contributed by atoms with Gasteiger partial charge in [-0.2, -0.15) is 5.10 Å². The number of halogens is 2. The third-order valence-electron chi connectivity index (χ3n) is 2.14. The molecule has 0 amide bonds. The molecule has 0 fully saturated rings. The van der Waals surface area contributed by atoms with E-state index in [1.807, 2.05) is 0 Å². The van der Waals surface area contributed by atoms with Crippen molar-refractivity contribution in [3.8, 4) is 0 Å². The molecule has 16 heavy (non-hydrogen) atoms. The SMILES string of the molecule is Cn1cc(C(=O)c2ccc(Cl)cc2Br)cn1. The molecule has 2 rings (SSSR count). The van der Waals surface area contributed by atoms with Crippen molar-refractivity contribution in [3.63, 3.8) is 0 Å². The smallest absolute Gasteiger partial charge is 0.197 e. The number of carbonyl (C=O) groups is 1. The highest BCUT2D eigenvalue weighted by Gasteiger charge is 2.14. The van der Waals surface area contributed by atoms with Gasteiger partial charge in [0.25, 0.3) is 0 Å². The zero-order valence-electron chi connectivity index (χ0n) is 8.45. The molecule has 1 aromatic carbocycles. The van der Waals surface area contributed by atoms with E-state index in [4.69, 9.17) is 11.6 Å². The molecule has 0 unspecified atom stereocenters. The highest BCUT2D eigenvalue weighted by Crippen LogP contribution is 2.23. The molecule has 0 bridgehead atoms. The molecule has 82 valence electrons. The number of aromatic nitrogens is 2. The van der Waals surface area contributed by atoms with E-state index >= 15 is 0 Å². The number of benzene rings is 1. The van der Waals surface area contributed by atoms with Crippen molar-refractivity contribution in [3.05, 3.63) is 51.2 Å². The van der Waals surface area contributed by atoms with E-state index < -0.39 is 0 Å². The second kappa shape index (κ2) is 4.39. The molecule has 1 aromatic heterocycles. The molecule has 0 aliphatic rings. The zero-order valence-corrected chi connectivity index (χ0v) is 10.8. The minimum Gasteiger partial charge on any atom is -0.288 e. The van der Waals surface area contributed by atoms with Gasteiger partial charge in [0, 0.05) is 28.3 Å². The maximum atomic E-state index is 12.1. The van der Waals surface area contributed by atoms with Gasteiger partial charge in [-0.05, 0) is 34.1 Å². The van der Waals surface area contributed by atoms with Crippen LogP contribution in [0.5, 0.6) is 0 Å². The third kappa shape index (κ3) is 2.18. The van der Waals surface area contributed by atoms with Crippen molar-refractivity contribution in [1.29, 1.82) is 0 Å². The lowest BCUT2D eigenvalue weighted by atomic mass is 10.1. The number of aryl methyl sites for hydroxylation is 1. The van der Waals surface area contributed by atoms with Crippen molar-refractivity contribution < 1.29 is 4.79 Å². The average molecular weight is 300 g/mol. The van der Waals surface area contributed by atoms with E-state index in [9.17, 15) is 4.79 Å². The molecule has 3 nitrogen and oxygen atoms in total. The lowest BCUT2D eigenvalue weighted by Gasteiger charge is -2.01. The Hall–Kier alpha value is -1.13. The summed E-state index contributed by atoms with van der Waals surface area (Å²) in [6.45, 7) is 0. The number of hydrogen-bond donors (Lipinski definition) is 0. The summed E-state index contributed by atoms with van der Waals surface area (Å²) in [5, 5.41) is 4.56. The first-order chi connectivity index (χ1) is 7.58. The Kier molecular flexibility index (Phi) is 3.12. The van der Waals surface area contributed by atoms with E-state index in [1.54, 1.807) is 42.3 Å². The number of carbonyl (C=O) groups excluding carboxylic acids is 1. The zero-order chi connectivity index (χ0) is 11.7. The molecule has 0 spiro atoms. The first-order valence-electron chi connectivity index (χ1n) is 4.56. The highest BCUT2D eigenvalue weighted by atomic mass is 79.9. The molecule has 0 radical (unpaired) electrons. The number of rotatable bonds is 2. The fraction of sp³-hybridized carbons (Fsp3) is 0.0909. The Morgan fingerprint density at radius 3 is 2.81 bits per heavy atom. The van der Waals surface area contributed by atoms with Gasteiger partial charge in [0.2, 0.25) is 0 Å². The van der Waals surface area contributed by atoms with Crippen LogP contribution in [0.25, 0.3) is 0 Å². The Bertz CT molecular complexity index is 551. The predicted molar refractivity (Wildman–Crippen MR) is 65.8 cm³/mol. The Morgan fingerprint density at radius 1 is 1.50 bits per heavy atom. The van der Waals surface area contributed by atoms with Gasteiger partial charge in [-0.1, -0.05) is 11.6 Å². The van der Waals surface area contributed by atoms with E-state index in [0.717, 1.165) is 0 Å². The molecule has 0 aliphatic heterocycles. The van der Waals surface area contributed by atoms with Crippen LogP contribution < -0.4 is 0 Å². The summed E-state index contributed by atoms with van der Waals surface area (Å²) in [6.07, 6.45) is 3.23. The maximum absolute atomic E-state index is 12.1. The largest absolute Gasteiger partial charge is 0.288 e. The van der Waals surface area contributed by atoms with E-state index in [0.29, 0.717) is 20.6 Å². The summed E-state index contributed by atoms with van der Waals surface area (Å²) in [7, 11) is 1.77. The third-order valence-corrected chi connectivity index (χ3v) is 3.03. The van der Waals surface area contributed by atoms with Gasteiger partial charge in [0.05, 0.1) is 11.8 Å². The molecule has 0 saturated carbocycles. The van der Waals surface area contributed by atoms with Crippen LogP contribution in [0.4, 0.5) is 0 Å². The Morgan fingerprint density at radius 2 is 2.25 bits per heavy atom. The maximum Gasteiger partial charge on any atom is 0.197 e. The number of nitrogens with zero attached hydrogens (tertiary/aromatic N) is 2. The van der Waals surface area contributed by atoms with Crippen molar-refractivity contribution in [2.24, 2.45) is 7.05 Å². The first kappa shape index (κ1) is 11.4. The van der Waals surface area contributed by atoms with Gasteiger partial charge < -0.3 is 0 Å². The molecular formula is C11H8BrClN2O. The summed E-state index contributed by atoms with van der Waals surface area (Å²) >= 11 is 9.13. The molecular weight excluding hydrogens is 291 g/mol. The highest BCUT2D eigenvalue weighted by molar-refractivity contribution is 9.10. The summed E-state index contributed by atoms with van der Waals surface area (Å²) in [5.74, 6) is -0.0726. The van der Waals surface area contributed by atoms with E-state index in [2.05, 4.69) is 21.0 Å². The summed E-state index contributed by atoms with van der Waals surface area (Å²) in [4.78, 5) is 12.1. The summed E-state index contributed by atoms with van der Waals surface area (Å²) in [5.41, 5.74) is 1.14. The monoisotopic (exact) mass is 298 g/mol. The Balaban J connectivity index is 2.41. The van der Waals surface area contributed by atoms with Crippen molar-refractivity contribution >= 4 is 33.3 Å². The Labute approximate surface area is 106 Å². The topological polar surface area (TPSA) is 34.9 Å². The number of hydrogen-bond acceptors (Lipinski definition) is 2. The van der Waals surface area contributed by atoms with Gasteiger partial charge >= 0.3 is 0 Å². The van der Waals surface area contributed by atoms with Gasteiger partial charge in [0.1, 0.15) is 0 Å². The molecule has 0 aliphatic carbocycles. The summed E-state index contributed by atoms with van der Waals surface area (Å²) < 4.78 is 2.28. The molecule has 1 heterocycles.